The molecule has 0 unspecified atom stereocenters. The Bertz CT molecular complexity index is 330. The zero-order valence-electron chi connectivity index (χ0n) is 17.8. The van der Waals surface area contributed by atoms with E-state index >= 15 is 0 Å². The molecule has 2 nitrogen and oxygen atoms in total. The normalized spacial score (nSPS) is 9.39. The molecule has 28 heavy (non-hydrogen) atoms. The molecule has 1 aromatic rings. The maximum absolute atomic E-state index is 9.29. The van der Waals surface area contributed by atoms with Crippen molar-refractivity contribution in [3.63, 3.8) is 0 Å². The molecule has 0 aliphatic heterocycles. The Balaban J connectivity index is -0.000000138. The van der Waals surface area contributed by atoms with Gasteiger partial charge in [0.15, 0.2) is 0 Å². The van der Waals surface area contributed by atoms with Gasteiger partial charge in [-0.2, -0.15) is 61.0 Å². The van der Waals surface area contributed by atoms with E-state index in [0.29, 0.717) is 0 Å². The average molecular weight is 527 g/mol. The molecule has 0 aliphatic rings. The minimum Gasteiger partial charge on any atom is -0.850 e. The third-order valence-electron chi connectivity index (χ3n) is 3.31. The fraction of sp³-hybridized carbons (Fsp3) is 0.636. The molecular weight excluding hydrogens is 487 g/mol. The molecule has 0 heterocycles. The fourth-order valence-electron chi connectivity index (χ4n) is 1.90. The third-order valence-corrected chi connectivity index (χ3v) is 3.31. The number of unbranched alkanes of at least 4 members (excludes halogenated alkanes) is 10. The summed E-state index contributed by atoms with van der Waals surface area (Å²) in [5.41, 5.74) is -3.72. The van der Waals surface area contributed by atoms with E-state index in [2.05, 4.69) is 57.8 Å². The van der Waals surface area contributed by atoms with Crippen molar-refractivity contribution in [3.05, 3.63) is 50.2 Å². The molecule has 0 spiro atoms. The topological polar surface area (TPSA) is 46.1 Å². The van der Waals surface area contributed by atoms with Gasteiger partial charge in [-0.15, -0.1) is 0 Å². The Hall–Kier alpha value is 0.828. The minimum atomic E-state index is -3.72. The second-order valence-corrected chi connectivity index (χ2v) is 10.5. The Labute approximate surface area is 200 Å². The van der Waals surface area contributed by atoms with Gasteiger partial charge in [0.1, 0.15) is 0 Å². The van der Waals surface area contributed by atoms with Crippen LogP contribution >= 0.6 is 5.69 Å². The number of rotatable bonds is 10. The summed E-state index contributed by atoms with van der Waals surface area (Å²) in [6.07, 6.45) is 16.0. The van der Waals surface area contributed by atoms with Gasteiger partial charge >= 0.3 is 21.1 Å². The first-order chi connectivity index (χ1) is 12.8. The van der Waals surface area contributed by atoms with Crippen molar-refractivity contribution in [1.82, 2.24) is 0 Å². The SMILES string of the molecule is [CH2-]CCCCCCC.[CH2-]CCCCCCC.[Mo+3].[O-]P([O-])(=S)[S-].[c-]1ccccc1. The van der Waals surface area contributed by atoms with Crippen LogP contribution < -0.4 is 9.79 Å². The Morgan fingerprint density at radius 2 is 1.11 bits per heavy atom. The molecule has 0 bridgehead atoms. The van der Waals surface area contributed by atoms with Crippen LogP contribution in [0, 0.1) is 19.9 Å². The summed E-state index contributed by atoms with van der Waals surface area (Å²) in [5, 5.41) is 0. The summed E-state index contributed by atoms with van der Waals surface area (Å²) < 4.78 is 0. The molecule has 1 aromatic carbocycles. The molecule has 0 aromatic heterocycles. The molecule has 0 amide bonds. The van der Waals surface area contributed by atoms with Crippen LogP contribution in [0.1, 0.15) is 90.9 Å². The van der Waals surface area contributed by atoms with E-state index in [1.54, 1.807) is 0 Å². The molecule has 0 atom stereocenters. The van der Waals surface area contributed by atoms with Gasteiger partial charge in [-0.25, -0.2) is 0 Å². The second kappa shape index (κ2) is 32.5. The quantitative estimate of drug-likeness (QED) is 0.118. The van der Waals surface area contributed by atoms with Crippen molar-refractivity contribution >= 4 is 29.7 Å². The fourth-order valence-corrected chi connectivity index (χ4v) is 1.90. The number of hydrogen-bond acceptors (Lipinski definition) is 4. The van der Waals surface area contributed by atoms with Gasteiger partial charge in [-0.05, 0) is 0 Å². The van der Waals surface area contributed by atoms with E-state index in [0.717, 1.165) is 12.8 Å². The van der Waals surface area contributed by atoms with Gasteiger partial charge in [0.05, 0.1) is 0 Å². The second-order valence-electron chi connectivity index (χ2n) is 6.06. The van der Waals surface area contributed by atoms with Crippen LogP contribution in [0.3, 0.4) is 0 Å². The summed E-state index contributed by atoms with van der Waals surface area (Å²) in [7, 11) is 0. The van der Waals surface area contributed by atoms with Crippen LogP contribution in [0.2, 0.25) is 0 Å². The molecule has 165 valence electrons. The molecule has 1 radical (unpaired) electrons. The van der Waals surface area contributed by atoms with Gasteiger partial charge in [0, 0.05) is 0 Å². The Kier molecular flexibility index (Phi) is 42.0. The summed E-state index contributed by atoms with van der Waals surface area (Å²) >= 11 is 7.28. The first-order valence-electron chi connectivity index (χ1n) is 10.1. The Morgan fingerprint density at radius 1 is 0.786 bits per heavy atom. The summed E-state index contributed by atoms with van der Waals surface area (Å²) in [6, 6.07) is 12.5. The van der Waals surface area contributed by atoms with Gasteiger partial charge in [-0.1, -0.05) is 78.1 Å². The van der Waals surface area contributed by atoms with Crippen LogP contribution in [0.5, 0.6) is 0 Å². The van der Waals surface area contributed by atoms with E-state index in [1.807, 2.05) is 30.3 Å². The van der Waals surface area contributed by atoms with Gasteiger partial charge in [0.2, 0.25) is 0 Å². The monoisotopic (exact) mass is 528 g/mol. The molecule has 0 aliphatic carbocycles. The average Bonchev–Trinajstić information content (AvgIpc) is 2.64. The van der Waals surface area contributed by atoms with Crippen LogP contribution in [0.15, 0.2) is 30.3 Å². The largest absolute Gasteiger partial charge is 3.00 e. The van der Waals surface area contributed by atoms with Crippen molar-refractivity contribution in [1.29, 1.82) is 0 Å². The van der Waals surface area contributed by atoms with Crippen molar-refractivity contribution in [2.75, 3.05) is 0 Å². The van der Waals surface area contributed by atoms with Gasteiger partial charge in [0.25, 0.3) is 0 Å². The summed E-state index contributed by atoms with van der Waals surface area (Å²) in [4.78, 5) is 18.6. The molecule has 0 fully saturated rings. The predicted octanol–water partition coefficient (Wildman–Crippen LogP) is 6.32. The van der Waals surface area contributed by atoms with E-state index in [1.165, 1.54) is 64.2 Å². The molecule has 6 heteroatoms. The molecule has 0 N–H and O–H groups in total. The maximum Gasteiger partial charge on any atom is 3.00 e. The maximum atomic E-state index is 9.29. The van der Waals surface area contributed by atoms with E-state index < -0.39 is 5.69 Å². The summed E-state index contributed by atoms with van der Waals surface area (Å²) in [6.45, 7) is 12.0. The van der Waals surface area contributed by atoms with E-state index in [4.69, 9.17) is 0 Å². The smallest absolute Gasteiger partial charge is 0.850 e. The van der Waals surface area contributed by atoms with Crippen molar-refractivity contribution in [2.24, 2.45) is 0 Å². The van der Waals surface area contributed by atoms with Crippen LogP contribution in [0.25, 0.3) is 0 Å². The molecular formula is C22H39MoO2PS2-3. The molecule has 0 saturated heterocycles. The minimum absolute atomic E-state index is 0. The molecule has 0 saturated carbocycles. The standard InChI is InChI=1S/2C8H17.C6H5.Mo.H3O2PS2/c2*1-3-5-7-8-6-4-2;1-2-4-6-5-3-1;;1-3(2,4)5/h2*1,3-8H2,2H3;1-5H;;(H3,1,2,4,5)/q3*-1;+3;/p-3. The van der Waals surface area contributed by atoms with Gasteiger partial charge < -0.3 is 41.6 Å². The first-order valence-corrected chi connectivity index (χ1v) is 13.7. The van der Waals surface area contributed by atoms with Crippen molar-refractivity contribution in [2.45, 2.75) is 90.9 Å². The first kappa shape index (κ1) is 36.2. The zero-order valence-corrected chi connectivity index (χ0v) is 22.3. The van der Waals surface area contributed by atoms with Gasteiger partial charge in [-0.3, -0.25) is 0 Å². The van der Waals surface area contributed by atoms with E-state index in [-0.39, 0.29) is 21.1 Å². The number of benzene rings is 1. The van der Waals surface area contributed by atoms with Crippen LogP contribution in [-0.4, -0.2) is 0 Å². The summed E-state index contributed by atoms with van der Waals surface area (Å²) in [5.74, 6) is 0. The van der Waals surface area contributed by atoms with Crippen molar-refractivity contribution in [3.8, 4) is 0 Å². The van der Waals surface area contributed by atoms with Crippen molar-refractivity contribution < 1.29 is 30.9 Å². The third kappa shape index (κ3) is 63.2. The molecule has 1 rings (SSSR count). The zero-order chi connectivity index (χ0) is 21.2. The number of hydrogen-bond donors (Lipinski definition) is 0. The predicted molar refractivity (Wildman–Crippen MR) is 124 cm³/mol. The van der Waals surface area contributed by atoms with Crippen LogP contribution in [0.4, 0.5) is 0 Å². The van der Waals surface area contributed by atoms with E-state index in [9.17, 15) is 9.79 Å². The van der Waals surface area contributed by atoms with Crippen LogP contribution in [-0.2, 0) is 45.1 Å². The Morgan fingerprint density at radius 3 is 1.29 bits per heavy atom.